The van der Waals surface area contributed by atoms with Gasteiger partial charge in [0.15, 0.2) is 6.67 Å². The summed E-state index contributed by atoms with van der Waals surface area (Å²) in [6, 6.07) is 12.0. The second-order valence-electron chi connectivity index (χ2n) is 4.93. The number of quaternary nitrogens is 1. The van der Waals surface area contributed by atoms with E-state index >= 15 is 0 Å². The number of hydrogen-bond acceptors (Lipinski definition) is 4. The van der Waals surface area contributed by atoms with Gasteiger partial charge in [0.05, 0.1) is 12.7 Å². The van der Waals surface area contributed by atoms with Crippen LogP contribution in [0.25, 0.3) is 5.69 Å². The Morgan fingerprint density at radius 3 is 2.71 bits per heavy atom. The molecular formula is C14H16N5S2+. The first-order chi connectivity index (χ1) is 10.2. The lowest BCUT2D eigenvalue weighted by Gasteiger charge is -2.12. The van der Waals surface area contributed by atoms with Gasteiger partial charge >= 0.3 is 0 Å². The van der Waals surface area contributed by atoms with E-state index in [2.05, 4.69) is 34.3 Å². The number of para-hydroxylation sites is 1. The highest BCUT2D eigenvalue weighted by molar-refractivity contribution is 7.71. The molecule has 2 heterocycles. The van der Waals surface area contributed by atoms with Crippen molar-refractivity contribution in [2.45, 2.75) is 13.2 Å². The first-order valence-electron chi connectivity index (χ1n) is 6.64. The summed E-state index contributed by atoms with van der Waals surface area (Å²) in [5.74, 6) is 0. The summed E-state index contributed by atoms with van der Waals surface area (Å²) in [6.07, 6.45) is 0. The van der Waals surface area contributed by atoms with Gasteiger partial charge in [-0.3, -0.25) is 0 Å². The van der Waals surface area contributed by atoms with Gasteiger partial charge < -0.3 is 4.90 Å². The number of aromatic nitrogens is 4. The van der Waals surface area contributed by atoms with E-state index < -0.39 is 0 Å². The predicted molar refractivity (Wildman–Crippen MR) is 85.1 cm³/mol. The Hall–Kier alpha value is -1.83. The van der Waals surface area contributed by atoms with Crippen LogP contribution < -0.4 is 4.90 Å². The summed E-state index contributed by atoms with van der Waals surface area (Å²) in [7, 11) is 2.13. The largest absolute Gasteiger partial charge is 0.315 e. The molecule has 0 bridgehead atoms. The van der Waals surface area contributed by atoms with Crippen molar-refractivity contribution >= 4 is 23.6 Å². The van der Waals surface area contributed by atoms with Crippen LogP contribution in [0.15, 0.2) is 47.2 Å². The van der Waals surface area contributed by atoms with Crippen molar-refractivity contribution in [3.8, 4) is 5.69 Å². The smallest absolute Gasteiger partial charge is 0.225 e. The van der Waals surface area contributed by atoms with Crippen molar-refractivity contribution in [2.24, 2.45) is 0 Å². The number of nitrogens with zero attached hydrogens (tertiary/aromatic N) is 4. The molecule has 21 heavy (non-hydrogen) atoms. The Kier molecular flexibility index (Phi) is 4.23. The molecule has 0 saturated heterocycles. The van der Waals surface area contributed by atoms with E-state index in [9.17, 15) is 0 Å². The second-order valence-corrected chi connectivity index (χ2v) is 6.08. The third-order valence-corrected chi connectivity index (χ3v) is 4.26. The molecule has 0 spiro atoms. The van der Waals surface area contributed by atoms with E-state index in [1.54, 1.807) is 20.7 Å². The first kappa shape index (κ1) is 14.1. The summed E-state index contributed by atoms with van der Waals surface area (Å²) in [5, 5.41) is 12.6. The minimum atomic E-state index is 0.617. The molecule has 5 nitrogen and oxygen atoms in total. The summed E-state index contributed by atoms with van der Waals surface area (Å²) in [5.41, 5.74) is 2.27. The number of benzene rings is 1. The van der Waals surface area contributed by atoms with Crippen molar-refractivity contribution in [2.75, 3.05) is 7.05 Å². The zero-order valence-electron chi connectivity index (χ0n) is 11.6. The van der Waals surface area contributed by atoms with Crippen LogP contribution in [-0.4, -0.2) is 26.8 Å². The highest BCUT2D eigenvalue weighted by atomic mass is 32.1. The topological polar surface area (TPSA) is 40.1 Å². The highest BCUT2D eigenvalue weighted by Gasteiger charge is 2.10. The van der Waals surface area contributed by atoms with Gasteiger partial charge in [-0.2, -0.15) is 20.7 Å². The van der Waals surface area contributed by atoms with Crippen molar-refractivity contribution in [1.29, 1.82) is 0 Å². The average molecular weight is 318 g/mol. The van der Waals surface area contributed by atoms with Gasteiger partial charge in [-0.1, -0.05) is 18.2 Å². The normalized spacial score (nSPS) is 12.4. The van der Waals surface area contributed by atoms with Gasteiger partial charge in [-0.15, -0.1) is 0 Å². The van der Waals surface area contributed by atoms with Crippen LogP contribution in [0.5, 0.6) is 0 Å². The number of tetrazole rings is 1. The standard InChI is InChI=1S/C14H15N5S2/c1-17(9-12-7-8-21-10-12)11-18-14(20)19(16-15-18)13-5-3-2-4-6-13/h2-8,10H,9,11H2,1H3/p+1. The molecule has 3 aromatic rings. The molecule has 0 saturated carbocycles. The van der Waals surface area contributed by atoms with Crippen LogP contribution in [0.3, 0.4) is 0 Å². The minimum Gasteiger partial charge on any atom is -0.315 e. The van der Waals surface area contributed by atoms with E-state index in [-0.39, 0.29) is 0 Å². The van der Waals surface area contributed by atoms with Crippen molar-refractivity contribution in [3.63, 3.8) is 0 Å². The Morgan fingerprint density at radius 2 is 2.00 bits per heavy atom. The summed E-state index contributed by atoms with van der Waals surface area (Å²) < 4.78 is 4.07. The fourth-order valence-corrected chi connectivity index (χ4v) is 3.07. The van der Waals surface area contributed by atoms with Crippen molar-refractivity contribution in [3.05, 3.63) is 57.5 Å². The molecule has 0 aliphatic rings. The van der Waals surface area contributed by atoms with E-state index in [0.717, 1.165) is 12.2 Å². The van der Waals surface area contributed by atoms with Gasteiger partial charge in [0.25, 0.3) is 0 Å². The van der Waals surface area contributed by atoms with Gasteiger partial charge in [-0.05, 0) is 51.6 Å². The lowest BCUT2D eigenvalue weighted by atomic mass is 10.3. The quantitative estimate of drug-likeness (QED) is 0.725. The molecule has 7 heteroatoms. The summed E-state index contributed by atoms with van der Waals surface area (Å²) in [6.45, 7) is 1.64. The van der Waals surface area contributed by atoms with Gasteiger partial charge in [0.2, 0.25) is 4.77 Å². The fraction of sp³-hybridized carbons (Fsp3) is 0.214. The SMILES string of the molecule is C[NH+](Cc1ccsc1)Cn1nnn(-c2ccccc2)c1=S. The molecule has 0 aliphatic carbocycles. The van der Waals surface area contributed by atoms with Crippen LogP contribution in [0.2, 0.25) is 0 Å². The number of rotatable bonds is 5. The van der Waals surface area contributed by atoms with Crippen molar-refractivity contribution < 1.29 is 4.90 Å². The van der Waals surface area contributed by atoms with Crippen LogP contribution in [-0.2, 0) is 13.2 Å². The lowest BCUT2D eigenvalue weighted by Crippen LogP contribution is -3.06. The number of hydrogen-bond donors (Lipinski definition) is 1. The van der Waals surface area contributed by atoms with E-state index in [4.69, 9.17) is 12.2 Å². The zero-order valence-corrected chi connectivity index (χ0v) is 13.3. The molecule has 1 N–H and O–H groups in total. The molecule has 0 fully saturated rings. The van der Waals surface area contributed by atoms with Crippen LogP contribution in [0.4, 0.5) is 0 Å². The Morgan fingerprint density at radius 1 is 1.19 bits per heavy atom. The molecule has 1 aromatic carbocycles. The van der Waals surface area contributed by atoms with Crippen LogP contribution in [0, 0.1) is 4.77 Å². The maximum Gasteiger partial charge on any atom is 0.225 e. The molecule has 3 rings (SSSR count). The predicted octanol–water partition coefficient (Wildman–Crippen LogP) is 1.53. The maximum atomic E-state index is 5.46. The lowest BCUT2D eigenvalue weighted by molar-refractivity contribution is -0.917. The second kappa shape index (κ2) is 6.30. The number of thiophene rings is 1. The third-order valence-electron chi connectivity index (χ3n) is 3.15. The van der Waals surface area contributed by atoms with E-state index in [1.807, 2.05) is 30.3 Å². The van der Waals surface area contributed by atoms with Gasteiger partial charge in [0.1, 0.15) is 6.54 Å². The first-order valence-corrected chi connectivity index (χ1v) is 8.00. The van der Waals surface area contributed by atoms with E-state index in [0.29, 0.717) is 11.4 Å². The fourth-order valence-electron chi connectivity index (χ4n) is 2.16. The number of nitrogens with one attached hydrogen (secondary N) is 1. The molecule has 2 aromatic heterocycles. The Balaban J connectivity index is 1.75. The van der Waals surface area contributed by atoms with E-state index in [1.165, 1.54) is 10.5 Å². The van der Waals surface area contributed by atoms with Gasteiger partial charge in [-0.25, -0.2) is 0 Å². The molecule has 1 unspecified atom stereocenters. The van der Waals surface area contributed by atoms with Crippen LogP contribution in [0.1, 0.15) is 5.56 Å². The molecule has 108 valence electrons. The maximum absolute atomic E-state index is 5.46. The Bertz CT molecular complexity index is 745. The van der Waals surface area contributed by atoms with Crippen LogP contribution >= 0.6 is 23.6 Å². The minimum absolute atomic E-state index is 0.617. The summed E-state index contributed by atoms with van der Waals surface area (Å²) in [4.78, 5) is 1.31. The van der Waals surface area contributed by atoms with Gasteiger partial charge in [0, 0.05) is 5.56 Å². The average Bonchev–Trinajstić information content (AvgIpc) is 3.11. The molecule has 0 amide bonds. The molecule has 0 aliphatic heterocycles. The zero-order chi connectivity index (χ0) is 14.7. The Labute approximate surface area is 132 Å². The van der Waals surface area contributed by atoms with Crippen molar-refractivity contribution in [1.82, 2.24) is 19.8 Å². The molecular weight excluding hydrogens is 302 g/mol. The third kappa shape index (κ3) is 3.26. The summed E-state index contributed by atoms with van der Waals surface area (Å²) >= 11 is 7.18. The highest BCUT2D eigenvalue weighted by Crippen LogP contribution is 2.05. The monoisotopic (exact) mass is 318 g/mol. The molecule has 0 radical (unpaired) electrons. The molecule has 1 atom stereocenters.